The van der Waals surface area contributed by atoms with Crippen molar-refractivity contribution >= 4 is 56.9 Å². The first-order valence-electron chi connectivity index (χ1n) is 12.3. The van der Waals surface area contributed by atoms with E-state index < -0.39 is 21.8 Å². The molecular formula is C29H26Cl2N4O5S. The highest BCUT2D eigenvalue weighted by Gasteiger charge is 2.26. The standard InChI is InChI=1S/C29H26Cl2N4O5S/c1-19-3-10-24(15-20(19)2)33-28(36)29(37)34-32-16-25-11-12-26(40-25)18-35(17-21-4-6-22(30)7-5-21)41(38,39)27-13-8-23(31)9-14-27/h3-16H,17-18H2,1-2H3,(H,33,36)(H,34,37)/b32-16+. The second kappa shape index (κ2) is 13.1. The number of sulfonamides is 1. The van der Waals surface area contributed by atoms with Gasteiger partial charge < -0.3 is 9.73 Å². The van der Waals surface area contributed by atoms with Crippen LogP contribution in [0.1, 0.15) is 28.2 Å². The van der Waals surface area contributed by atoms with Crippen LogP contribution in [0.3, 0.4) is 0 Å². The molecule has 212 valence electrons. The summed E-state index contributed by atoms with van der Waals surface area (Å²) < 4.78 is 34.0. The van der Waals surface area contributed by atoms with Crippen LogP contribution in [0.5, 0.6) is 0 Å². The Morgan fingerprint density at radius 3 is 2.17 bits per heavy atom. The van der Waals surface area contributed by atoms with E-state index >= 15 is 0 Å². The molecule has 4 rings (SSSR count). The molecule has 4 aromatic rings. The highest BCUT2D eigenvalue weighted by molar-refractivity contribution is 7.89. The lowest BCUT2D eigenvalue weighted by molar-refractivity contribution is -0.136. The number of hydrogen-bond acceptors (Lipinski definition) is 6. The number of nitrogens with zero attached hydrogens (tertiary/aromatic N) is 2. The summed E-state index contributed by atoms with van der Waals surface area (Å²) in [5, 5.41) is 7.23. The van der Waals surface area contributed by atoms with Crippen LogP contribution in [-0.4, -0.2) is 30.8 Å². The molecule has 2 amide bonds. The number of anilines is 1. The van der Waals surface area contributed by atoms with Crippen molar-refractivity contribution in [3.05, 3.63) is 117 Å². The van der Waals surface area contributed by atoms with E-state index in [1.807, 2.05) is 19.9 Å². The molecule has 0 atom stereocenters. The minimum atomic E-state index is -3.94. The fraction of sp³-hybridized carbons (Fsp3) is 0.138. The van der Waals surface area contributed by atoms with Gasteiger partial charge in [-0.2, -0.15) is 9.41 Å². The molecule has 1 heterocycles. The number of benzene rings is 3. The predicted octanol–water partition coefficient (Wildman–Crippen LogP) is 5.68. The molecule has 0 bridgehead atoms. The number of aryl methyl sites for hydroxylation is 2. The number of furan rings is 1. The van der Waals surface area contributed by atoms with Crippen molar-refractivity contribution in [3.63, 3.8) is 0 Å². The van der Waals surface area contributed by atoms with E-state index in [1.54, 1.807) is 48.5 Å². The van der Waals surface area contributed by atoms with E-state index in [0.29, 0.717) is 21.5 Å². The van der Waals surface area contributed by atoms with Crippen molar-refractivity contribution in [2.75, 3.05) is 5.32 Å². The topological polar surface area (TPSA) is 121 Å². The predicted molar refractivity (Wildman–Crippen MR) is 158 cm³/mol. The number of nitrogens with one attached hydrogen (secondary N) is 2. The summed E-state index contributed by atoms with van der Waals surface area (Å²) in [6.07, 6.45) is 1.21. The minimum Gasteiger partial charge on any atom is -0.459 e. The number of halogens is 2. The van der Waals surface area contributed by atoms with Crippen LogP contribution >= 0.6 is 23.2 Å². The third kappa shape index (κ3) is 8.05. The van der Waals surface area contributed by atoms with Crippen LogP contribution < -0.4 is 10.7 Å². The largest absolute Gasteiger partial charge is 0.459 e. The second-order valence-electron chi connectivity index (χ2n) is 9.11. The zero-order valence-electron chi connectivity index (χ0n) is 22.1. The van der Waals surface area contributed by atoms with Gasteiger partial charge in [-0.15, -0.1) is 0 Å². The van der Waals surface area contributed by atoms with Gasteiger partial charge in [-0.25, -0.2) is 13.8 Å². The normalized spacial score (nSPS) is 11.6. The van der Waals surface area contributed by atoms with Gasteiger partial charge in [-0.05, 0) is 91.2 Å². The van der Waals surface area contributed by atoms with Crippen molar-refractivity contribution in [2.24, 2.45) is 5.10 Å². The van der Waals surface area contributed by atoms with Crippen LogP contribution in [0.4, 0.5) is 5.69 Å². The molecule has 41 heavy (non-hydrogen) atoms. The van der Waals surface area contributed by atoms with E-state index in [-0.39, 0.29) is 23.7 Å². The van der Waals surface area contributed by atoms with Crippen LogP contribution in [-0.2, 0) is 32.7 Å². The van der Waals surface area contributed by atoms with Crippen molar-refractivity contribution in [2.45, 2.75) is 31.8 Å². The number of carbonyl (C=O) groups is 2. The summed E-state index contributed by atoms with van der Waals surface area (Å²) in [7, 11) is -3.94. The van der Waals surface area contributed by atoms with Gasteiger partial charge in [-0.1, -0.05) is 41.4 Å². The SMILES string of the molecule is Cc1ccc(NC(=O)C(=O)N/N=C/c2ccc(CN(Cc3ccc(Cl)cc3)S(=O)(=O)c3ccc(Cl)cc3)o2)cc1C. The molecule has 0 aliphatic carbocycles. The average molecular weight is 614 g/mol. The Kier molecular flexibility index (Phi) is 9.61. The van der Waals surface area contributed by atoms with E-state index in [2.05, 4.69) is 15.8 Å². The number of hydrazone groups is 1. The smallest absolute Gasteiger partial charge is 0.329 e. The maximum absolute atomic E-state index is 13.5. The fourth-order valence-electron chi connectivity index (χ4n) is 3.71. The van der Waals surface area contributed by atoms with Gasteiger partial charge in [0, 0.05) is 22.3 Å². The summed E-state index contributed by atoms with van der Waals surface area (Å²) in [5.41, 5.74) is 5.40. The summed E-state index contributed by atoms with van der Waals surface area (Å²) in [4.78, 5) is 24.4. The number of hydrogen-bond donors (Lipinski definition) is 2. The van der Waals surface area contributed by atoms with Gasteiger partial charge in [0.25, 0.3) is 0 Å². The lowest BCUT2D eigenvalue weighted by Crippen LogP contribution is -2.32. The van der Waals surface area contributed by atoms with E-state index in [4.69, 9.17) is 27.6 Å². The minimum absolute atomic E-state index is 0.0535. The molecule has 0 spiro atoms. The molecule has 0 aliphatic rings. The Morgan fingerprint density at radius 2 is 1.51 bits per heavy atom. The number of rotatable bonds is 9. The fourth-order valence-corrected chi connectivity index (χ4v) is 5.36. The zero-order valence-corrected chi connectivity index (χ0v) is 24.4. The lowest BCUT2D eigenvalue weighted by Gasteiger charge is -2.21. The number of amides is 2. The van der Waals surface area contributed by atoms with E-state index in [1.165, 1.54) is 34.8 Å². The van der Waals surface area contributed by atoms with E-state index in [9.17, 15) is 18.0 Å². The summed E-state index contributed by atoms with van der Waals surface area (Å²) >= 11 is 11.9. The van der Waals surface area contributed by atoms with Gasteiger partial charge >= 0.3 is 11.8 Å². The molecule has 3 aromatic carbocycles. The van der Waals surface area contributed by atoms with Crippen LogP contribution in [0.15, 0.2) is 93.3 Å². The first kappa shape index (κ1) is 30.0. The van der Waals surface area contributed by atoms with Gasteiger partial charge in [0.15, 0.2) is 0 Å². The third-order valence-electron chi connectivity index (χ3n) is 6.07. The molecule has 12 heteroatoms. The molecular weight excluding hydrogens is 587 g/mol. The molecule has 0 unspecified atom stereocenters. The van der Waals surface area contributed by atoms with Crippen molar-refractivity contribution < 1.29 is 22.4 Å². The quantitative estimate of drug-likeness (QED) is 0.143. The molecule has 2 N–H and O–H groups in total. The maximum atomic E-state index is 13.5. The maximum Gasteiger partial charge on any atom is 0.329 e. The number of carbonyl (C=O) groups excluding carboxylic acids is 2. The molecule has 0 aliphatic heterocycles. The summed E-state index contributed by atoms with van der Waals surface area (Å²) in [6.45, 7) is 3.80. The van der Waals surface area contributed by atoms with Crippen LogP contribution in [0.25, 0.3) is 0 Å². The molecule has 9 nitrogen and oxygen atoms in total. The Morgan fingerprint density at radius 1 is 0.854 bits per heavy atom. The van der Waals surface area contributed by atoms with E-state index in [0.717, 1.165) is 16.7 Å². The first-order valence-corrected chi connectivity index (χ1v) is 14.5. The molecule has 0 radical (unpaired) electrons. The second-order valence-corrected chi connectivity index (χ2v) is 11.9. The summed E-state index contributed by atoms with van der Waals surface area (Å²) in [5.74, 6) is -1.27. The molecule has 0 saturated carbocycles. The summed E-state index contributed by atoms with van der Waals surface area (Å²) in [6, 6.07) is 21.2. The third-order valence-corrected chi connectivity index (χ3v) is 8.38. The molecule has 0 saturated heterocycles. The average Bonchev–Trinajstić information content (AvgIpc) is 3.39. The van der Waals surface area contributed by atoms with Crippen LogP contribution in [0.2, 0.25) is 10.0 Å². The first-order chi connectivity index (χ1) is 19.5. The van der Waals surface area contributed by atoms with Gasteiger partial charge in [-0.3, -0.25) is 9.59 Å². The lowest BCUT2D eigenvalue weighted by atomic mass is 10.1. The molecule has 1 aromatic heterocycles. The van der Waals surface area contributed by atoms with Crippen molar-refractivity contribution in [1.29, 1.82) is 0 Å². The van der Waals surface area contributed by atoms with Gasteiger partial charge in [0.1, 0.15) is 11.5 Å². The Hall–Kier alpha value is -3.96. The Labute approximate surface area is 247 Å². The Bertz CT molecular complexity index is 1690. The highest BCUT2D eigenvalue weighted by atomic mass is 35.5. The van der Waals surface area contributed by atoms with Crippen LogP contribution in [0, 0.1) is 13.8 Å². The molecule has 0 fully saturated rings. The van der Waals surface area contributed by atoms with Gasteiger partial charge in [0.05, 0.1) is 17.7 Å². The van der Waals surface area contributed by atoms with Crippen molar-refractivity contribution in [1.82, 2.24) is 9.73 Å². The zero-order chi connectivity index (χ0) is 29.6. The highest BCUT2D eigenvalue weighted by Crippen LogP contribution is 2.24. The Balaban J connectivity index is 1.43. The monoisotopic (exact) mass is 612 g/mol. The van der Waals surface area contributed by atoms with Crippen molar-refractivity contribution in [3.8, 4) is 0 Å². The van der Waals surface area contributed by atoms with Gasteiger partial charge in [0.2, 0.25) is 10.0 Å².